The van der Waals surface area contributed by atoms with Gasteiger partial charge in [-0.1, -0.05) is 25.8 Å². The third-order valence-electron chi connectivity index (χ3n) is 3.88. The number of methoxy groups -OCH3 is 1. The molecule has 1 fully saturated rings. The van der Waals surface area contributed by atoms with E-state index in [1.54, 1.807) is 7.11 Å². The van der Waals surface area contributed by atoms with Gasteiger partial charge in [-0.15, -0.1) is 0 Å². The van der Waals surface area contributed by atoms with Crippen LogP contribution >= 0.6 is 0 Å². The van der Waals surface area contributed by atoms with Crippen molar-refractivity contribution in [3.8, 4) is 5.75 Å². The molecule has 0 aliphatic heterocycles. The number of carbonyl (C=O) groups excluding carboxylic acids is 1. The Morgan fingerprint density at radius 2 is 2.11 bits per heavy atom. The van der Waals surface area contributed by atoms with Gasteiger partial charge in [0.05, 0.1) is 19.2 Å². The van der Waals surface area contributed by atoms with Gasteiger partial charge in [-0.25, -0.2) is 0 Å². The zero-order valence-electron chi connectivity index (χ0n) is 11.9. The highest BCUT2D eigenvalue weighted by Crippen LogP contribution is 2.21. The smallest absolute Gasteiger partial charge is 0.180 e. The first-order chi connectivity index (χ1) is 9.24. The molecule has 0 heterocycles. The molecule has 0 saturated heterocycles. The van der Waals surface area contributed by atoms with Gasteiger partial charge in [0.1, 0.15) is 5.75 Å². The number of nitrogens with one attached hydrogen (secondary N) is 1. The van der Waals surface area contributed by atoms with Crippen LogP contribution in [0.15, 0.2) is 18.2 Å². The van der Waals surface area contributed by atoms with Crippen LogP contribution in [0.4, 0.5) is 0 Å². The number of carbonyl (C=O) groups is 1. The number of aryl methyl sites for hydroxylation is 1. The number of rotatable bonds is 6. The number of benzene rings is 1. The van der Waals surface area contributed by atoms with Gasteiger partial charge in [0.15, 0.2) is 5.78 Å². The first kappa shape index (κ1) is 14.1. The van der Waals surface area contributed by atoms with E-state index >= 15 is 0 Å². The van der Waals surface area contributed by atoms with E-state index in [0.29, 0.717) is 23.9 Å². The van der Waals surface area contributed by atoms with Gasteiger partial charge < -0.3 is 10.1 Å². The van der Waals surface area contributed by atoms with Crippen LogP contribution < -0.4 is 10.1 Å². The molecule has 0 unspecified atom stereocenters. The lowest BCUT2D eigenvalue weighted by molar-refractivity contribution is 0.0984. The number of ketones is 1. The fraction of sp³-hybridized carbons (Fsp3) is 0.562. The highest BCUT2D eigenvalue weighted by atomic mass is 16.5. The van der Waals surface area contributed by atoms with Gasteiger partial charge in [-0.2, -0.15) is 0 Å². The van der Waals surface area contributed by atoms with E-state index in [4.69, 9.17) is 4.74 Å². The van der Waals surface area contributed by atoms with E-state index in [1.807, 2.05) is 18.2 Å². The van der Waals surface area contributed by atoms with Crippen LogP contribution in [0.1, 0.15) is 48.5 Å². The number of hydrogen-bond acceptors (Lipinski definition) is 3. The lowest BCUT2D eigenvalue weighted by atomic mass is 10.0. The Hall–Kier alpha value is -1.35. The van der Waals surface area contributed by atoms with Crippen molar-refractivity contribution >= 4 is 5.78 Å². The van der Waals surface area contributed by atoms with E-state index in [9.17, 15) is 4.79 Å². The van der Waals surface area contributed by atoms with Crippen LogP contribution in [0.3, 0.4) is 0 Å². The molecule has 0 spiro atoms. The second-order valence-corrected chi connectivity index (χ2v) is 5.17. The molecule has 1 aliphatic carbocycles. The predicted octanol–water partition coefficient (Wildman–Crippen LogP) is 2.97. The Labute approximate surface area is 115 Å². The van der Waals surface area contributed by atoms with Crippen LogP contribution in [-0.2, 0) is 6.42 Å². The molecule has 0 radical (unpaired) electrons. The summed E-state index contributed by atoms with van der Waals surface area (Å²) in [5.41, 5.74) is 1.87. The van der Waals surface area contributed by atoms with Crippen LogP contribution in [-0.4, -0.2) is 25.5 Å². The largest absolute Gasteiger partial charge is 0.496 e. The van der Waals surface area contributed by atoms with Gasteiger partial charge in [0.2, 0.25) is 0 Å². The summed E-state index contributed by atoms with van der Waals surface area (Å²) in [5.74, 6) is 0.800. The van der Waals surface area contributed by atoms with Crippen LogP contribution in [0.25, 0.3) is 0 Å². The maximum Gasteiger partial charge on any atom is 0.180 e. The molecule has 1 aromatic rings. The van der Waals surface area contributed by atoms with E-state index in [-0.39, 0.29) is 5.78 Å². The van der Waals surface area contributed by atoms with Crippen molar-refractivity contribution in [3.63, 3.8) is 0 Å². The van der Waals surface area contributed by atoms with Crippen LogP contribution in [0.5, 0.6) is 5.75 Å². The maximum absolute atomic E-state index is 12.3. The molecule has 3 nitrogen and oxygen atoms in total. The summed E-state index contributed by atoms with van der Waals surface area (Å²) in [6, 6.07) is 6.38. The van der Waals surface area contributed by atoms with Crippen molar-refractivity contribution in [2.24, 2.45) is 0 Å². The average molecular weight is 261 g/mol. The Morgan fingerprint density at radius 3 is 2.74 bits per heavy atom. The molecule has 1 N–H and O–H groups in total. The quantitative estimate of drug-likeness (QED) is 0.800. The zero-order valence-corrected chi connectivity index (χ0v) is 11.9. The van der Waals surface area contributed by atoms with Gasteiger partial charge in [0, 0.05) is 6.04 Å². The topological polar surface area (TPSA) is 38.3 Å². The Morgan fingerprint density at radius 1 is 1.37 bits per heavy atom. The fourth-order valence-electron chi connectivity index (χ4n) is 2.66. The predicted molar refractivity (Wildman–Crippen MR) is 77.0 cm³/mol. The van der Waals surface area contributed by atoms with Crippen molar-refractivity contribution < 1.29 is 9.53 Å². The number of Topliss-reactive ketones (excluding diaryl/α,β-unsaturated/α-hetero) is 1. The lowest BCUT2D eigenvalue weighted by Gasteiger charge is -2.13. The SMILES string of the molecule is CCc1ccc(OC)c(C(=O)CNC2CCCC2)c1. The third kappa shape index (κ3) is 3.57. The Kier molecular flexibility index (Phi) is 4.97. The summed E-state index contributed by atoms with van der Waals surface area (Å²) in [6.07, 6.45) is 5.88. The minimum Gasteiger partial charge on any atom is -0.496 e. The van der Waals surface area contributed by atoms with E-state index < -0.39 is 0 Å². The highest BCUT2D eigenvalue weighted by molar-refractivity contribution is 6.00. The summed E-state index contributed by atoms with van der Waals surface area (Å²) in [4.78, 5) is 12.3. The average Bonchev–Trinajstić information content (AvgIpc) is 2.97. The van der Waals surface area contributed by atoms with Crippen molar-refractivity contribution in [1.82, 2.24) is 5.32 Å². The highest BCUT2D eigenvalue weighted by Gasteiger charge is 2.17. The van der Waals surface area contributed by atoms with Crippen molar-refractivity contribution in [2.45, 2.75) is 45.1 Å². The Bertz CT molecular complexity index is 436. The molecular formula is C16H23NO2. The van der Waals surface area contributed by atoms with Crippen LogP contribution in [0, 0.1) is 0 Å². The first-order valence-corrected chi connectivity index (χ1v) is 7.18. The van der Waals surface area contributed by atoms with Crippen LogP contribution in [0.2, 0.25) is 0 Å². The Balaban J connectivity index is 2.03. The molecule has 0 atom stereocenters. The van der Waals surface area contributed by atoms with Gasteiger partial charge in [-0.05, 0) is 37.0 Å². The van der Waals surface area contributed by atoms with E-state index in [1.165, 1.54) is 31.2 Å². The molecule has 0 aromatic heterocycles. The molecule has 2 rings (SSSR count). The maximum atomic E-state index is 12.3. The molecule has 1 saturated carbocycles. The molecule has 0 amide bonds. The minimum absolute atomic E-state index is 0.124. The molecule has 104 valence electrons. The third-order valence-corrected chi connectivity index (χ3v) is 3.88. The van der Waals surface area contributed by atoms with Crippen molar-refractivity contribution in [3.05, 3.63) is 29.3 Å². The summed E-state index contributed by atoms with van der Waals surface area (Å²) in [5, 5.41) is 3.36. The molecule has 1 aromatic carbocycles. The second kappa shape index (κ2) is 6.71. The lowest BCUT2D eigenvalue weighted by Crippen LogP contribution is -2.31. The summed E-state index contributed by atoms with van der Waals surface area (Å²) < 4.78 is 5.29. The summed E-state index contributed by atoms with van der Waals surface area (Å²) in [6.45, 7) is 2.50. The second-order valence-electron chi connectivity index (χ2n) is 5.17. The standard InChI is InChI=1S/C16H23NO2/c1-3-12-8-9-16(19-2)14(10-12)15(18)11-17-13-6-4-5-7-13/h8-10,13,17H,3-7,11H2,1-2H3. The number of ether oxygens (including phenoxy) is 1. The summed E-state index contributed by atoms with van der Waals surface area (Å²) in [7, 11) is 1.61. The van der Waals surface area contributed by atoms with Gasteiger partial charge >= 0.3 is 0 Å². The molecule has 0 bridgehead atoms. The molecule has 19 heavy (non-hydrogen) atoms. The molecule has 3 heteroatoms. The van der Waals surface area contributed by atoms with Crippen molar-refractivity contribution in [2.75, 3.05) is 13.7 Å². The first-order valence-electron chi connectivity index (χ1n) is 7.18. The van der Waals surface area contributed by atoms with Crippen molar-refractivity contribution in [1.29, 1.82) is 0 Å². The molecular weight excluding hydrogens is 238 g/mol. The normalized spacial score (nSPS) is 15.7. The zero-order chi connectivity index (χ0) is 13.7. The summed E-state index contributed by atoms with van der Waals surface area (Å²) >= 11 is 0. The minimum atomic E-state index is 0.124. The van der Waals surface area contributed by atoms with Gasteiger partial charge in [0.25, 0.3) is 0 Å². The fourth-order valence-corrected chi connectivity index (χ4v) is 2.66. The number of hydrogen-bond donors (Lipinski definition) is 1. The van der Waals surface area contributed by atoms with Gasteiger partial charge in [-0.3, -0.25) is 4.79 Å². The molecule has 1 aliphatic rings. The monoisotopic (exact) mass is 261 g/mol. The van der Waals surface area contributed by atoms with E-state index in [2.05, 4.69) is 12.2 Å². The van der Waals surface area contributed by atoms with E-state index in [0.717, 1.165) is 6.42 Å².